The zero-order valence-electron chi connectivity index (χ0n) is 7.68. The van der Waals surface area contributed by atoms with Crippen LogP contribution in [0.5, 0.6) is 0 Å². The van der Waals surface area contributed by atoms with Crippen molar-refractivity contribution in [1.29, 1.82) is 0 Å². The van der Waals surface area contributed by atoms with Gasteiger partial charge in [-0.1, -0.05) is 0 Å². The maximum absolute atomic E-state index is 2.24. The molecule has 2 aromatic carbocycles. The average molecular weight is 309 g/mol. The van der Waals surface area contributed by atoms with Crippen molar-refractivity contribution in [2.75, 3.05) is 0 Å². The fraction of sp³-hybridized carbons (Fsp3) is 0. The van der Waals surface area contributed by atoms with Crippen LogP contribution in [-0.4, -0.2) is 21.1 Å². The molecule has 0 aliphatic carbocycles. The molecule has 0 unspecified atom stereocenters. The van der Waals surface area contributed by atoms with Crippen molar-refractivity contribution >= 4 is 40.7 Å². The zero-order valence-corrected chi connectivity index (χ0v) is 11.4. The van der Waals surface area contributed by atoms with Crippen LogP contribution < -0.4 is 7.16 Å². The van der Waals surface area contributed by atoms with Gasteiger partial charge in [0.15, 0.2) is 0 Å². The van der Waals surface area contributed by atoms with E-state index >= 15 is 0 Å². The summed E-state index contributed by atoms with van der Waals surface area (Å²) < 4.78 is 3.08. The van der Waals surface area contributed by atoms with Crippen LogP contribution >= 0.6 is 12.4 Å². The molecule has 0 aliphatic rings. The first-order valence-corrected chi connectivity index (χ1v) is 7.18. The Hall–Kier alpha value is -0.471. The second-order valence-electron chi connectivity index (χ2n) is 2.86. The minimum atomic E-state index is -0.517. The number of rotatable bonds is 2. The van der Waals surface area contributed by atoms with Gasteiger partial charge in [-0.05, 0) is 0 Å². The Morgan fingerprint density at radius 2 is 0.929 bits per heavy atom. The Morgan fingerprint density at radius 1 is 0.571 bits per heavy atom. The molecule has 2 heteroatoms. The molecule has 0 amide bonds. The SMILES string of the molecule is Cl.c1cc[c]([Sn][c]2ccccc2)cc1. The van der Waals surface area contributed by atoms with Crippen LogP contribution in [0.15, 0.2) is 60.7 Å². The molecule has 0 bridgehead atoms. The third kappa shape index (κ3) is 3.35. The van der Waals surface area contributed by atoms with E-state index in [-0.39, 0.29) is 12.4 Å². The number of hydrogen-bond donors (Lipinski definition) is 0. The molecule has 0 atom stereocenters. The van der Waals surface area contributed by atoms with Gasteiger partial charge < -0.3 is 0 Å². The van der Waals surface area contributed by atoms with Gasteiger partial charge >= 0.3 is 89.0 Å². The van der Waals surface area contributed by atoms with E-state index < -0.39 is 21.1 Å². The fourth-order valence-corrected chi connectivity index (χ4v) is 4.21. The Bertz CT molecular complexity index is 321. The quantitative estimate of drug-likeness (QED) is 0.742. The van der Waals surface area contributed by atoms with Gasteiger partial charge in [-0.25, -0.2) is 0 Å². The molecule has 0 aromatic heterocycles. The molecule has 0 saturated carbocycles. The standard InChI is InChI=1S/2C6H5.ClH.Sn/c2*1-2-4-6-5-3-1;;/h2*1-5H;1H;. The molecular formula is C12H11ClSn. The van der Waals surface area contributed by atoms with Crippen LogP contribution in [0, 0.1) is 0 Å². The van der Waals surface area contributed by atoms with Crippen molar-refractivity contribution < 1.29 is 0 Å². The summed E-state index contributed by atoms with van der Waals surface area (Å²) in [5.74, 6) is 0. The summed E-state index contributed by atoms with van der Waals surface area (Å²) in [6, 6.07) is 21.6. The Balaban J connectivity index is 0.000000980. The van der Waals surface area contributed by atoms with Crippen molar-refractivity contribution in [3.8, 4) is 0 Å². The number of halogens is 1. The second kappa shape index (κ2) is 6.10. The van der Waals surface area contributed by atoms with Crippen LogP contribution in [0.2, 0.25) is 0 Å². The summed E-state index contributed by atoms with van der Waals surface area (Å²) in [6.07, 6.45) is 0. The Labute approximate surface area is 101 Å². The van der Waals surface area contributed by atoms with Gasteiger partial charge in [-0.3, -0.25) is 0 Å². The van der Waals surface area contributed by atoms with E-state index in [2.05, 4.69) is 60.7 Å². The Kier molecular flexibility index (Phi) is 5.05. The van der Waals surface area contributed by atoms with Crippen molar-refractivity contribution in [1.82, 2.24) is 0 Å². The van der Waals surface area contributed by atoms with Gasteiger partial charge in [0.1, 0.15) is 0 Å². The van der Waals surface area contributed by atoms with Crippen molar-refractivity contribution in [2.24, 2.45) is 0 Å². The monoisotopic (exact) mass is 310 g/mol. The molecule has 0 heterocycles. The molecule has 2 rings (SSSR count). The Morgan fingerprint density at radius 3 is 1.29 bits per heavy atom. The van der Waals surface area contributed by atoms with Crippen molar-refractivity contribution in [3.05, 3.63) is 60.7 Å². The van der Waals surface area contributed by atoms with E-state index in [1.807, 2.05) is 0 Å². The summed E-state index contributed by atoms with van der Waals surface area (Å²) in [7, 11) is 0. The molecule has 2 aromatic rings. The molecule has 0 aliphatic heterocycles. The maximum atomic E-state index is 2.24. The summed E-state index contributed by atoms with van der Waals surface area (Å²) in [5.41, 5.74) is 0. The van der Waals surface area contributed by atoms with Crippen LogP contribution in [0.3, 0.4) is 0 Å². The summed E-state index contributed by atoms with van der Waals surface area (Å²) >= 11 is -0.517. The predicted octanol–water partition coefficient (Wildman–Crippen LogP) is 1.76. The molecule has 2 radical (unpaired) electrons. The van der Waals surface area contributed by atoms with Crippen LogP contribution in [-0.2, 0) is 0 Å². The normalized spacial score (nSPS) is 9.14. The first kappa shape index (κ1) is 11.6. The molecular weight excluding hydrogens is 298 g/mol. The van der Waals surface area contributed by atoms with E-state index in [0.717, 1.165) is 0 Å². The van der Waals surface area contributed by atoms with Gasteiger partial charge in [0.05, 0.1) is 0 Å². The second-order valence-corrected chi connectivity index (χ2v) is 6.87. The first-order chi connectivity index (χ1) is 6.45. The molecule has 70 valence electrons. The van der Waals surface area contributed by atoms with E-state index in [9.17, 15) is 0 Å². The van der Waals surface area contributed by atoms with Crippen molar-refractivity contribution in [3.63, 3.8) is 0 Å². The van der Waals surface area contributed by atoms with Gasteiger partial charge in [0.2, 0.25) is 0 Å². The average Bonchev–Trinajstić information content (AvgIpc) is 2.21. The molecule has 0 fully saturated rings. The van der Waals surface area contributed by atoms with Gasteiger partial charge in [0.25, 0.3) is 0 Å². The van der Waals surface area contributed by atoms with Gasteiger partial charge in [0, 0.05) is 0 Å². The minimum absolute atomic E-state index is 0. The van der Waals surface area contributed by atoms with Crippen LogP contribution in [0.25, 0.3) is 0 Å². The van der Waals surface area contributed by atoms with E-state index in [1.165, 1.54) is 7.16 Å². The summed E-state index contributed by atoms with van der Waals surface area (Å²) in [5, 5.41) is 0. The van der Waals surface area contributed by atoms with Gasteiger partial charge in [-0.15, -0.1) is 12.4 Å². The fourth-order valence-electron chi connectivity index (χ4n) is 1.21. The zero-order chi connectivity index (χ0) is 8.93. The summed E-state index contributed by atoms with van der Waals surface area (Å²) in [4.78, 5) is 0. The van der Waals surface area contributed by atoms with E-state index in [0.29, 0.717) is 0 Å². The van der Waals surface area contributed by atoms with Crippen molar-refractivity contribution in [2.45, 2.75) is 0 Å². The first-order valence-electron chi connectivity index (χ1n) is 4.32. The predicted molar refractivity (Wildman–Crippen MR) is 65.2 cm³/mol. The van der Waals surface area contributed by atoms with E-state index in [4.69, 9.17) is 0 Å². The van der Waals surface area contributed by atoms with Gasteiger partial charge in [-0.2, -0.15) is 0 Å². The molecule has 0 saturated heterocycles. The molecule has 14 heavy (non-hydrogen) atoms. The third-order valence-electron chi connectivity index (χ3n) is 1.84. The molecule has 0 N–H and O–H groups in total. The third-order valence-corrected chi connectivity index (χ3v) is 5.39. The van der Waals surface area contributed by atoms with Crippen LogP contribution in [0.4, 0.5) is 0 Å². The molecule has 0 nitrogen and oxygen atoms in total. The van der Waals surface area contributed by atoms with Crippen LogP contribution in [0.1, 0.15) is 0 Å². The molecule has 0 spiro atoms. The van der Waals surface area contributed by atoms with E-state index in [1.54, 1.807) is 0 Å². The number of benzene rings is 2. The summed E-state index contributed by atoms with van der Waals surface area (Å²) in [6.45, 7) is 0. The topological polar surface area (TPSA) is 0 Å². The number of hydrogen-bond acceptors (Lipinski definition) is 0.